The molecule has 0 spiro atoms. The van der Waals surface area contributed by atoms with E-state index in [0.29, 0.717) is 11.7 Å². The van der Waals surface area contributed by atoms with Gasteiger partial charge in [0.1, 0.15) is 5.78 Å². The van der Waals surface area contributed by atoms with Crippen molar-refractivity contribution in [1.29, 1.82) is 0 Å². The lowest BCUT2D eigenvalue weighted by atomic mass is 9.94. The first-order valence-corrected chi connectivity index (χ1v) is 5.24. The zero-order valence-electron chi connectivity index (χ0n) is 7.96. The molecule has 1 fully saturated rings. The third kappa shape index (κ3) is 2.09. The van der Waals surface area contributed by atoms with Crippen LogP contribution in [-0.2, 0) is 4.79 Å². The molecule has 1 atom stereocenters. The van der Waals surface area contributed by atoms with Gasteiger partial charge in [-0.3, -0.25) is 4.79 Å². The van der Waals surface area contributed by atoms with Gasteiger partial charge in [-0.1, -0.05) is 23.8 Å². The molecule has 2 aliphatic carbocycles. The predicted molar refractivity (Wildman–Crippen MR) is 53.4 cm³/mol. The average molecular weight is 176 g/mol. The van der Waals surface area contributed by atoms with Gasteiger partial charge in [-0.25, -0.2) is 0 Å². The van der Waals surface area contributed by atoms with Crippen molar-refractivity contribution in [3.05, 3.63) is 23.8 Å². The molecule has 1 nitrogen and oxygen atoms in total. The van der Waals surface area contributed by atoms with Gasteiger partial charge < -0.3 is 0 Å². The molecular formula is C12H16O. The minimum absolute atomic E-state index is 0.342. The second-order valence-corrected chi connectivity index (χ2v) is 4.02. The van der Waals surface area contributed by atoms with E-state index in [2.05, 4.69) is 18.2 Å². The van der Waals surface area contributed by atoms with Crippen LogP contribution in [0.25, 0.3) is 0 Å². The van der Waals surface area contributed by atoms with Crippen molar-refractivity contribution in [2.75, 3.05) is 0 Å². The summed E-state index contributed by atoms with van der Waals surface area (Å²) in [6.45, 7) is 0. The van der Waals surface area contributed by atoms with Crippen molar-refractivity contribution in [2.45, 2.75) is 38.5 Å². The second-order valence-electron chi connectivity index (χ2n) is 4.02. The van der Waals surface area contributed by atoms with Gasteiger partial charge in [0.05, 0.1) is 0 Å². The van der Waals surface area contributed by atoms with Gasteiger partial charge >= 0.3 is 0 Å². The van der Waals surface area contributed by atoms with Gasteiger partial charge in [-0.05, 0) is 32.1 Å². The van der Waals surface area contributed by atoms with Crippen molar-refractivity contribution in [3.63, 3.8) is 0 Å². The summed E-state index contributed by atoms with van der Waals surface area (Å²) in [6.07, 6.45) is 13.1. The Bertz CT molecular complexity index is 260. The van der Waals surface area contributed by atoms with E-state index in [1.54, 1.807) is 0 Å². The highest BCUT2D eigenvalue weighted by Gasteiger charge is 2.24. The van der Waals surface area contributed by atoms with Crippen LogP contribution in [0.4, 0.5) is 0 Å². The van der Waals surface area contributed by atoms with Crippen LogP contribution in [0.5, 0.6) is 0 Å². The van der Waals surface area contributed by atoms with Crippen molar-refractivity contribution < 1.29 is 4.79 Å². The summed E-state index contributed by atoms with van der Waals surface area (Å²) >= 11 is 0. The number of allylic oxidation sites excluding steroid dienone is 4. The molecule has 0 radical (unpaired) electrons. The van der Waals surface area contributed by atoms with Crippen molar-refractivity contribution in [1.82, 2.24) is 0 Å². The molecule has 0 bridgehead atoms. The molecule has 0 saturated heterocycles. The number of hydrogen-bond donors (Lipinski definition) is 0. The fourth-order valence-corrected chi connectivity index (χ4v) is 2.21. The monoisotopic (exact) mass is 176 g/mol. The molecule has 1 saturated carbocycles. The van der Waals surface area contributed by atoms with Crippen LogP contribution in [0.2, 0.25) is 0 Å². The molecule has 0 aromatic carbocycles. The summed E-state index contributed by atoms with van der Waals surface area (Å²) in [7, 11) is 0. The fraction of sp³-hybridized carbons (Fsp3) is 0.583. The number of Topliss-reactive ketones (excluding diaryl/α,β-unsaturated/α-hetero) is 1. The molecule has 2 rings (SSSR count). The van der Waals surface area contributed by atoms with Crippen LogP contribution < -0.4 is 0 Å². The maximum atomic E-state index is 11.4. The quantitative estimate of drug-likeness (QED) is 0.632. The van der Waals surface area contributed by atoms with Crippen molar-refractivity contribution >= 4 is 5.78 Å². The minimum atomic E-state index is 0.342. The maximum absolute atomic E-state index is 11.4. The molecule has 0 aromatic heterocycles. The van der Waals surface area contributed by atoms with Gasteiger partial charge in [-0.2, -0.15) is 0 Å². The minimum Gasteiger partial charge on any atom is -0.299 e. The number of hydrogen-bond acceptors (Lipinski definition) is 1. The third-order valence-corrected chi connectivity index (χ3v) is 2.98. The van der Waals surface area contributed by atoms with E-state index >= 15 is 0 Å². The fourth-order valence-electron chi connectivity index (χ4n) is 2.21. The molecular weight excluding hydrogens is 160 g/mol. The van der Waals surface area contributed by atoms with E-state index in [1.807, 2.05) is 0 Å². The summed E-state index contributed by atoms with van der Waals surface area (Å²) in [4.78, 5) is 11.4. The van der Waals surface area contributed by atoms with Crippen LogP contribution in [0, 0.1) is 5.92 Å². The Hall–Kier alpha value is -0.850. The van der Waals surface area contributed by atoms with Gasteiger partial charge in [0, 0.05) is 12.3 Å². The number of carbonyl (C=O) groups excluding carboxylic acids is 1. The highest BCUT2D eigenvalue weighted by molar-refractivity contribution is 5.83. The van der Waals surface area contributed by atoms with E-state index in [9.17, 15) is 4.79 Å². The summed E-state index contributed by atoms with van der Waals surface area (Å²) in [5, 5.41) is 0. The molecule has 0 heterocycles. The van der Waals surface area contributed by atoms with E-state index in [1.165, 1.54) is 12.0 Å². The van der Waals surface area contributed by atoms with Crippen molar-refractivity contribution in [2.24, 2.45) is 5.92 Å². The lowest BCUT2D eigenvalue weighted by molar-refractivity contribution is -0.120. The summed E-state index contributed by atoms with van der Waals surface area (Å²) in [5.74, 6) is 0.828. The molecule has 70 valence electrons. The zero-order valence-corrected chi connectivity index (χ0v) is 7.96. The second kappa shape index (κ2) is 3.91. The van der Waals surface area contributed by atoms with Crippen LogP contribution in [0.1, 0.15) is 38.5 Å². The highest BCUT2D eigenvalue weighted by atomic mass is 16.1. The summed E-state index contributed by atoms with van der Waals surface area (Å²) in [6, 6.07) is 0. The lowest BCUT2D eigenvalue weighted by Gasteiger charge is -2.10. The summed E-state index contributed by atoms with van der Waals surface area (Å²) in [5.41, 5.74) is 1.38. The Morgan fingerprint density at radius 1 is 1.38 bits per heavy atom. The van der Waals surface area contributed by atoms with Crippen LogP contribution in [0.3, 0.4) is 0 Å². The first-order chi connectivity index (χ1) is 6.36. The highest BCUT2D eigenvalue weighted by Crippen LogP contribution is 2.28. The SMILES string of the molecule is O=C1CCC[C@@H]1CC1=CCCC=C1. The molecule has 0 amide bonds. The zero-order chi connectivity index (χ0) is 9.10. The van der Waals surface area contributed by atoms with E-state index in [-0.39, 0.29) is 0 Å². The smallest absolute Gasteiger partial charge is 0.136 e. The molecule has 13 heavy (non-hydrogen) atoms. The van der Waals surface area contributed by atoms with E-state index < -0.39 is 0 Å². The number of ketones is 1. The molecule has 0 aromatic rings. The van der Waals surface area contributed by atoms with Crippen LogP contribution in [0.15, 0.2) is 23.8 Å². The first kappa shape index (κ1) is 8.74. The van der Waals surface area contributed by atoms with Gasteiger partial charge in [-0.15, -0.1) is 0 Å². The molecule has 0 unspecified atom stereocenters. The summed E-state index contributed by atoms with van der Waals surface area (Å²) < 4.78 is 0. The van der Waals surface area contributed by atoms with Crippen LogP contribution in [-0.4, -0.2) is 5.78 Å². The first-order valence-electron chi connectivity index (χ1n) is 5.24. The Morgan fingerprint density at radius 3 is 2.92 bits per heavy atom. The standard InChI is InChI=1S/C12H16O/c13-12-8-4-7-11(12)9-10-5-2-1-3-6-10/h2,5-6,11H,1,3-4,7-9H2/t11-/m1/s1. The molecule has 1 heteroatoms. The Balaban J connectivity index is 1.93. The van der Waals surface area contributed by atoms with Gasteiger partial charge in [0.25, 0.3) is 0 Å². The molecule has 2 aliphatic rings. The molecule has 0 aliphatic heterocycles. The van der Waals surface area contributed by atoms with Crippen molar-refractivity contribution in [3.8, 4) is 0 Å². The Kier molecular flexibility index (Phi) is 2.62. The number of carbonyl (C=O) groups is 1. The normalized spacial score (nSPS) is 27.8. The van der Waals surface area contributed by atoms with Gasteiger partial charge in [0.15, 0.2) is 0 Å². The van der Waals surface area contributed by atoms with E-state index in [4.69, 9.17) is 0 Å². The Morgan fingerprint density at radius 2 is 2.31 bits per heavy atom. The van der Waals surface area contributed by atoms with Crippen LogP contribution >= 0.6 is 0 Å². The number of rotatable bonds is 2. The Labute approximate surface area is 79.5 Å². The predicted octanol–water partition coefficient (Wildman–Crippen LogP) is 3.02. The lowest BCUT2D eigenvalue weighted by Crippen LogP contribution is -2.07. The third-order valence-electron chi connectivity index (χ3n) is 2.98. The average Bonchev–Trinajstić information content (AvgIpc) is 2.54. The largest absolute Gasteiger partial charge is 0.299 e. The maximum Gasteiger partial charge on any atom is 0.136 e. The molecule has 0 N–H and O–H groups in total. The topological polar surface area (TPSA) is 17.1 Å². The van der Waals surface area contributed by atoms with Gasteiger partial charge in [0.2, 0.25) is 0 Å². The van der Waals surface area contributed by atoms with E-state index in [0.717, 1.165) is 32.1 Å².